The lowest BCUT2D eigenvalue weighted by Crippen LogP contribution is -2.35. The summed E-state index contributed by atoms with van der Waals surface area (Å²) in [7, 11) is 0. The SMILES string of the molecule is Cc1ccc(Oc2ccc(N3C(=O)Nc4c(C(=O)Nc5ccc(CN6CCOCC6)cc5)sc5ncnc3c45)cc2Cl)cn1. The summed E-state index contributed by atoms with van der Waals surface area (Å²) < 4.78 is 11.3. The molecule has 0 saturated carbocycles. The zero-order valence-corrected chi connectivity index (χ0v) is 25.1. The molecular weight excluding hydrogens is 602 g/mol. The van der Waals surface area contributed by atoms with Gasteiger partial charge in [-0.2, -0.15) is 0 Å². The number of ether oxygens (including phenoxy) is 2. The molecule has 0 spiro atoms. The summed E-state index contributed by atoms with van der Waals surface area (Å²) in [5, 5.41) is 6.71. The van der Waals surface area contributed by atoms with Crippen LogP contribution in [0.1, 0.15) is 20.9 Å². The Balaban J connectivity index is 1.12. The number of nitrogens with zero attached hydrogens (tertiary/aromatic N) is 5. The van der Waals surface area contributed by atoms with E-state index >= 15 is 0 Å². The highest BCUT2D eigenvalue weighted by molar-refractivity contribution is 7.21. The van der Waals surface area contributed by atoms with Gasteiger partial charge in [0.25, 0.3) is 5.91 Å². The van der Waals surface area contributed by atoms with Gasteiger partial charge >= 0.3 is 6.03 Å². The predicted molar refractivity (Wildman–Crippen MR) is 170 cm³/mol. The molecular formula is C31H26ClN7O4S. The zero-order chi connectivity index (χ0) is 30.2. The molecule has 13 heteroatoms. The molecule has 0 atom stereocenters. The van der Waals surface area contributed by atoms with E-state index in [0.717, 1.165) is 44.1 Å². The summed E-state index contributed by atoms with van der Waals surface area (Å²) in [5.74, 6) is 0.953. The quantitative estimate of drug-likeness (QED) is 0.207. The number of carbonyl (C=O) groups excluding carboxylic acids is 2. The van der Waals surface area contributed by atoms with E-state index in [1.54, 1.807) is 30.5 Å². The van der Waals surface area contributed by atoms with Crippen LogP contribution in [-0.2, 0) is 11.3 Å². The molecule has 222 valence electrons. The van der Waals surface area contributed by atoms with Gasteiger partial charge in [-0.15, -0.1) is 11.3 Å². The van der Waals surface area contributed by atoms with E-state index in [9.17, 15) is 9.59 Å². The highest BCUT2D eigenvalue weighted by Gasteiger charge is 2.34. The van der Waals surface area contributed by atoms with Crippen molar-refractivity contribution in [2.75, 3.05) is 41.8 Å². The van der Waals surface area contributed by atoms with Crippen molar-refractivity contribution in [1.82, 2.24) is 19.9 Å². The van der Waals surface area contributed by atoms with Gasteiger partial charge in [0, 0.05) is 31.0 Å². The van der Waals surface area contributed by atoms with Crippen LogP contribution < -0.4 is 20.3 Å². The van der Waals surface area contributed by atoms with E-state index in [-0.39, 0.29) is 5.91 Å². The van der Waals surface area contributed by atoms with E-state index in [4.69, 9.17) is 21.1 Å². The number of aryl methyl sites for hydroxylation is 1. The molecule has 0 unspecified atom stereocenters. The van der Waals surface area contributed by atoms with E-state index in [2.05, 4.69) is 30.5 Å². The lowest BCUT2D eigenvalue weighted by atomic mass is 10.1. The Bertz CT molecular complexity index is 1880. The summed E-state index contributed by atoms with van der Waals surface area (Å²) in [6, 6.07) is 15.9. The normalized spacial score (nSPS) is 14.9. The number of nitrogens with one attached hydrogen (secondary N) is 2. The third-order valence-corrected chi connectivity index (χ3v) is 8.72. The monoisotopic (exact) mass is 627 g/mol. The first kappa shape index (κ1) is 28.2. The molecule has 1 saturated heterocycles. The highest BCUT2D eigenvalue weighted by Crippen LogP contribution is 2.45. The fraction of sp³-hybridized carbons (Fsp3) is 0.194. The highest BCUT2D eigenvalue weighted by atomic mass is 35.5. The van der Waals surface area contributed by atoms with Gasteiger partial charge in [-0.05, 0) is 55.0 Å². The molecule has 2 aromatic carbocycles. The number of rotatable bonds is 7. The fourth-order valence-electron chi connectivity index (χ4n) is 5.12. The molecule has 1 fully saturated rings. The number of morpholine rings is 1. The minimum absolute atomic E-state index is 0.299. The van der Waals surface area contributed by atoms with Gasteiger partial charge in [0.05, 0.1) is 41.2 Å². The van der Waals surface area contributed by atoms with Gasteiger partial charge in [-0.1, -0.05) is 23.7 Å². The van der Waals surface area contributed by atoms with E-state index in [1.165, 1.54) is 22.6 Å². The Kier molecular flexibility index (Phi) is 7.56. The van der Waals surface area contributed by atoms with Crippen molar-refractivity contribution in [3.8, 4) is 11.5 Å². The van der Waals surface area contributed by atoms with Gasteiger partial charge in [0.15, 0.2) is 5.82 Å². The van der Waals surface area contributed by atoms with Crippen molar-refractivity contribution in [2.45, 2.75) is 13.5 Å². The first-order valence-electron chi connectivity index (χ1n) is 13.9. The van der Waals surface area contributed by atoms with Crippen molar-refractivity contribution in [1.29, 1.82) is 0 Å². The maximum Gasteiger partial charge on any atom is 0.332 e. The summed E-state index contributed by atoms with van der Waals surface area (Å²) in [4.78, 5) is 44.6. The van der Waals surface area contributed by atoms with Gasteiger partial charge in [0.1, 0.15) is 27.5 Å². The van der Waals surface area contributed by atoms with Crippen LogP contribution in [0, 0.1) is 6.92 Å². The van der Waals surface area contributed by atoms with Crippen molar-refractivity contribution in [2.24, 2.45) is 0 Å². The van der Waals surface area contributed by atoms with E-state index in [0.29, 0.717) is 54.5 Å². The van der Waals surface area contributed by atoms with Crippen molar-refractivity contribution in [3.63, 3.8) is 0 Å². The lowest BCUT2D eigenvalue weighted by molar-refractivity contribution is 0.0342. The summed E-state index contributed by atoms with van der Waals surface area (Å²) in [5.41, 5.74) is 3.52. The Hall–Kier alpha value is -4.62. The topological polar surface area (TPSA) is 122 Å². The predicted octanol–water partition coefficient (Wildman–Crippen LogP) is 6.61. The van der Waals surface area contributed by atoms with Crippen LogP contribution in [-0.4, -0.2) is 58.1 Å². The number of hydrogen-bond acceptors (Lipinski definition) is 9. The largest absolute Gasteiger partial charge is 0.454 e. The zero-order valence-electron chi connectivity index (χ0n) is 23.5. The van der Waals surface area contributed by atoms with Crippen LogP contribution >= 0.6 is 22.9 Å². The average molecular weight is 628 g/mol. The molecule has 44 heavy (non-hydrogen) atoms. The van der Waals surface area contributed by atoms with Crippen LogP contribution in [0.3, 0.4) is 0 Å². The summed E-state index contributed by atoms with van der Waals surface area (Å²) in [6.07, 6.45) is 2.99. The number of thiophene rings is 1. The van der Waals surface area contributed by atoms with Gasteiger partial charge in [0.2, 0.25) is 0 Å². The van der Waals surface area contributed by atoms with Crippen molar-refractivity contribution >= 4 is 68.0 Å². The number of urea groups is 1. The van der Waals surface area contributed by atoms with Crippen LogP contribution in [0.2, 0.25) is 5.02 Å². The van der Waals surface area contributed by atoms with E-state index in [1.807, 2.05) is 37.3 Å². The second-order valence-electron chi connectivity index (χ2n) is 10.3. The molecule has 5 aromatic rings. The van der Waals surface area contributed by atoms with Crippen LogP contribution in [0.15, 0.2) is 67.1 Å². The number of halogens is 1. The molecule has 3 aromatic heterocycles. The molecule has 3 amide bonds. The summed E-state index contributed by atoms with van der Waals surface area (Å²) in [6.45, 7) is 6.01. The molecule has 5 heterocycles. The molecule has 0 bridgehead atoms. The molecule has 0 aliphatic carbocycles. The Morgan fingerprint density at radius 1 is 1.09 bits per heavy atom. The number of hydrogen-bond donors (Lipinski definition) is 2. The van der Waals surface area contributed by atoms with Gasteiger partial charge in [-0.3, -0.25) is 14.7 Å². The number of aromatic nitrogens is 3. The van der Waals surface area contributed by atoms with Gasteiger partial charge < -0.3 is 20.1 Å². The standard InChI is InChI=1S/C31H26ClN7O4S/c1-18-2-8-22(15-33-18)43-24-9-7-21(14-23(24)32)39-28-25-26(37-31(39)41)27(44-30(25)35-17-34-28)29(40)36-20-5-3-19(4-6-20)16-38-10-12-42-13-11-38/h2-9,14-15,17H,10-13,16H2,1H3,(H,36,40)(H,37,41). The maximum absolute atomic E-state index is 13.5. The minimum Gasteiger partial charge on any atom is -0.454 e. The number of amides is 3. The molecule has 7 rings (SSSR count). The summed E-state index contributed by atoms with van der Waals surface area (Å²) >= 11 is 7.76. The average Bonchev–Trinajstić information content (AvgIpc) is 3.40. The first-order chi connectivity index (χ1) is 21.4. The van der Waals surface area contributed by atoms with Crippen LogP contribution in [0.25, 0.3) is 10.2 Å². The number of benzene rings is 2. The fourth-order valence-corrected chi connectivity index (χ4v) is 6.32. The first-order valence-corrected chi connectivity index (χ1v) is 15.1. The molecule has 2 aliphatic heterocycles. The third kappa shape index (κ3) is 5.55. The Morgan fingerprint density at radius 3 is 2.66 bits per heavy atom. The minimum atomic E-state index is -0.482. The smallest absolute Gasteiger partial charge is 0.332 e. The molecule has 2 N–H and O–H groups in total. The molecule has 2 aliphatic rings. The number of pyridine rings is 1. The second-order valence-corrected chi connectivity index (χ2v) is 11.7. The van der Waals surface area contributed by atoms with Gasteiger partial charge in [-0.25, -0.2) is 19.7 Å². The molecule has 11 nitrogen and oxygen atoms in total. The number of carbonyl (C=O) groups is 2. The third-order valence-electron chi connectivity index (χ3n) is 7.33. The Morgan fingerprint density at radius 2 is 1.91 bits per heavy atom. The van der Waals surface area contributed by atoms with Crippen molar-refractivity contribution in [3.05, 3.63) is 88.3 Å². The van der Waals surface area contributed by atoms with Crippen molar-refractivity contribution < 1.29 is 19.1 Å². The number of anilines is 4. The second kappa shape index (κ2) is 11.8. The van der Waals surface area contributed by atoms with Crippen LogP contribution in [0.4, 0.5) is 27.7 Å². The lowest BCUT2D eigenvalue weighted by Gasteiger charge is -2.27. The maximum atomic E-state index is 13.5. The Labute approximate surface area is 261 Å². The van der Waals surface area contributed by atoms with E-state index < -0.39 is 6.03 Å². The van der Waals surface area contributed by atoms with Crippen LogP contribution in [0.5, 0.6) is 11.5 Å². The molecule has 0 radical (unpaired) electrons.